The fourth-order valence-electron chi connectivity index (χ4n) is 2.88. The molecule has 5 nitrogen and oxygen atoms in total. The summed E-state index contributed by atoms with van der Waals surface area (Å²) in [6.45, 7) is 9.69. The van der Waals surface area contributed by atoms with Crippen LogP contribution in [0.2, 0.25) is 0 Å². The van der Waals surface area contributed by atoms with Gasteiger partial charge in [-0.25, -0.2) is 15.0 Å². The lowest BCUT2D eigenvalue weighted by molar-refractivity contribution is 0.348. The van der Waals surface area contributed by atoms with Crippen molar-refractivity contribution in [1.29, 1.82) is 0 Å². The molecule has 0 atom stereocenters. The summed E-state index contributed by atoms with van der Waals surface area (Å²) >= 11 is 0. The highest BCUT2D eigenvalue weighted by molar-refractivity contribution is 5.42. The molecule has 1 saturated heterocycles. The van der Waals surface area contributed by atoms with E-state index in [1.165, 1.54) is 5.82 Å². The zero-order valence-electron chi connectivity index (χ0n) is 13.0. The highest BCUT2D eigenvalue weighted by atomic mass is 15.3. The Morgan fingerprint density at radius 1 is 1.24 bits per heavy atom. The molecule has 0 radical (unpaired) electrons. The molecular formula is C16H23N5. The zero-order valence-corrected chi connectivity index (χ0v) is 13.0. The van der Waals surface area contributed by atoms with E-state index in [2.05, 4.69) is 57.5 Å². The minimum absolute atomic E-state index is 0.477. The third-order valence-corrected chi connectivity index (χ3v) is 4.07. The zero-order chi connectivity index (χ0) is 14.8. The molecule has 0 aromatic carbocycles. The molecule has 1 aliphatic rings. The predicted molar refractivity (Wildman–Crippen MR) is 83.4 cm³/mol. The van der Waals surface area contributed by atoms with Gasteiger partial charge in [0.15, 0.2) is 0 Å². The molecule has 0 saturated carbocycles. The Hall–Kier alpha value is -1.91. The molecule has 0 aliphatic carbocycles. The first-order chi connectivity index (χ1) is 10.2. The topological polar surface area (TPSA) is 46.8 Å². The molecule has 1 fully saturated rings. The van der Waals surface area contributed by atoms with Crippen LogP contribution in [0.15, 0.2) is 24.8 Å². The molecule has 3 heterocycles. The van der Waals surface area contributed by atoms with Crippen molar-refractivity contribution < 1.29 is 0 Å². The van der Waals surface area contributed by atoms with Crippen molar-refractivity contribution in [3.8, 4) is 0 Å². The lowest BCUT2D eigenvalue weighted by Crippen LogP contribution is -2.49. The van der Waals surface area contributed by atoms with Gasteiger partial charge in [0.1, 0.15) is 18.0 Å². The molecule has 0 bridgehead atoms. The molecule has 0 N–H and O–H groups in total. The molecule has 2 aromatic rings. The normalized spacial score (nSPS) is 15.5. The number of aryl methyl sites for hydroxylation is 1. The van der Waals surface area contributed by atoms with E-state index in [4.69, 9.17) is 0 Å². The van der Waals surface area contributed by atoms with Crippen molar-refractivity contribution >= 4 is 5.82 Å². The second-order valence-corrected chi connectivity index (χ2v) is 6.08. The summed E-state index contributed by atoms with van der Waals surface area (Å²) < 4.78 is 2.30. The van der Waals surface area contributed by atoms with E-state index in [9.17, 15) is 0 Å². The van der Waals surface area contributed by atoms with E-state index in [0.717, 1.165) is 37.6 Å². The number of hydrogen-bond donors (Lipinski definition) is 0. The van der Waals surface area contributed by atoms with Gasteiger partial charge in [-0.15, -0.1) is 0 Å². The molecule has 0 unspecified atom stereocenters. The quantitative estimate of drug-likeness (QED) is 0.847. The van der Waals surface area contributed by atoms with Gasteiger partial charge in [-0.05, 0) is 6.42 Å². The van der Waals surface area contributed by atoms with Crippen LogP contribution in [-0.2, 0) is 13.0 Å². The molecule has 2 aromatic heterocycles. The van der Waals surface area contributed by atoms with Crippen LogP contribution in [-0.4, -0.2) is 32.6 Å². The standard InChI is InChI=1S/C16H23N5/c1-4-14-7-15(19-11-18-14)21-9-13(10-21)8-20-6-5-17-16(20)12(2)3/h5-7,11-13H,4,8-10H2,1-3H3. The van der Waals surface area contributed by atoms with Crippen molar-refractivity contribution in [3.63, 3.8) is 0 Å². The van der Waals surface area contributed by atoms with Gasteiger partial charge in [0.2, 0.25) is 0 Å². The summed E-state index contributed by atoms with van der Waals surface area (Å²) in [6.07, 6.45) is 6.63. The summed E-state index contributed by atoms with van der Waals surface area (Å²) in [4.78, 5) is 15.4. The number of hydrogen-bond acceptors (Lipinski definition) is 4. The van der Waals surface area contributed by atoms with Crippen LogP contribution in [0.3, 0.4) is 0 Å². The maximum Gasteiger partial charge on any atom is 0.132 e. The maximum atomic E-state index is 4.46. The monoisotopic (exact) mass is 285 g/mol. The van der Waals surface area contributed by atoms with Gasteiger partial charge in [0.05, 0.1) is 0 Å². The van der Waals surface area contributed by atoms with Crippen molar-refractivity contribution in [2.24, 2.45) is 5.92 Å². The summed E-state index contributed by atoms with van der Waals surface area (Å²) in [5.74, 6) is 3.40. The highest BCUT2D eigenvalue weighted by Crippen LogP contribution is 2.25. The van der Waals surface area contributed by atoms with Gasteiger partial charge >= 0.3 is 0 Å². The van der Waals surface area contributed by atoms with E-state index in [0.29, 0.717) is 11.8 Å². The van der Waals surface area contributed by atoms with Gasteiger partial charge in [0.25, 0.3) is 0 Å². The first-order valence-corrected chi connectivity index (χ1v) is 7.74. The molecule has 112 valence electrons. The van der Waals surface area contributed by atoms with E-state index < -0.39 is 0 Å². The van der Waals surface area contributed by atoms with Gasteiger partial charge in [0, 0.05) is 55.6 Å². The average Bonchev–Trinajstić information content (AvgIpc) is 2.90. The van der Waals surface area contributed by atoms with Crippen LogP contribution in [0.25, 0.3) is 0 Å². The lowest BCUT2D eigenvalue weighted by Gasteiger charge is -2.40. The van der Waals surface area contributed by atoms with Gasteiger partial charge < -0.3 is 9.47 Å². The summed E-state index contributed by atoms with van der Waals surface area (Å²) in [5, 5.41) is 0. The molecular weight excluding hydrogens is 262 g/mol. The summed E-state index contributed by atoms with van der Waals surface area (Å²) in [5.41, 5.74) is 1.11. The molecule has 0 spiro atoms. The number of rotatable bonds is 5. The van der Waals surface area contributed by atoms with Crippen LogP contribution in [0, 0.1) is 5.92 Å². The Labute approximate surface area is 126 Å². The fourth-order valence-corrected chi connectivity index (χ4v) is 2.88. The largest absolute Gasteiger partial charge is 0.356 e. The maximum absolute atomic E-state index is 4.46. The molecule has 3 rings (SSSR count). The number of anilines is 1. The van der Waals surface area contributed by atoms with Crippen LogP contribution in [0.4, 0.5) is 5.82 Å². The van der Waals surface area contributed by atoms with E-state index in [1.54, 1.807) is 6.33 Å². The van der Waals surface area contributed by atoms with Gasteiger partial charge in [-0.1, -0.05) is 20.8 Å². The number of imidazole rings is 1. The third kappa shape index (κ3) is 2.91. The van der Waals surface area contributed by atoms with E-state index in [1.807, 2.05) is 6.20 Å². The fraction of sp³-hybridized carbons (Fsp3) is 0.562. The van der Waals surface area contributed by atoms with Crippen LogP contribution in [0.1, 0.15) is 38.2 Å². The number of nitrogens with zero attached hydrogens (tertiary/aromatic N) is 5. The van der Waals surface area contributed by atoms with E-state index >= 15 is 0 Å². The summed E-state index contributed by atoms with van der Waals surface area (Å²) in [6, 6.07) is 2.10. The summed E-state index contributed by atoms with van der Waals surface area (Å²) in [7, 11) is 0. The Balaban J connectivity index is 1.59. The SMILES string of the molecule is CCc1cc(N2CC(Cn3ccnc3C(C)C)C2)ncn1. The lowest BCUT2D eigenvalue weighted by atomic mass is 9.99. The van der Waals surface area contributed by atoms with Crippen LogP contribution >= 0.6 is 0 Å². The second-order valence-electron chi connectivity index (χ2n) is 6.08. The van der Waals surface area contributed by atoms with Crippen LogP contribution < -0.4 is 4.90 Å². The molecule has 21 heavy (non-hydrogen) atoms. The first-order valence-electron chi connectivity index (χ1n) is 7.74. The van der Waals surface area contributed by atoms with E-state index in [-0.39, 0.29) is 0 Å². The Morgan fingerprint density at radius 3 is 2.76 bits per heavy atom. The first kappa shape index (κ1) is 14.0. The van der Waals surface area contributed by atoms with Crippen LogP contribution in [0.5, 0.6) is 0 Å². The highest BCUT2D eigenvalue weighted by Gasteiger charge is 2.28. The van der Waals surface area contributed by atoms with Crippen molar-refractivity contribution in [1.82, 2.24) is 19.5 Å². The molecule has 1 aliphatic heterocycles. The van der Waals surface area contributed by atoms with Crippen molar-refractivity contribution in [2.75, 3.05) is 18.0 Å². The number of aromatic nitrogens is 4. The minimum Gasteiger partial charge on any atom is -0.356 e. The van der Waals surface area contributed by atoms with Gasteiger partial charge in [-0.3, -0.25) is 0 Å². The third-order valence-electron chi connectivity index (χ3n) is 4.07. The average molecular weight is 285 g/mol. The minimum atomic E-state index is 0.477. The smallest absolute Gasteiger partial charge is 0.132 e. The molecule has 5 heteroatoms. The Morgan fingerprint density at radius 2 is 2.05 bits per heavy atom. The Kier molecular flexibility index (Phi) is 3.90. The van der Waals surface area contributed by atoms with Crippen molar-refractivity contribution in [3.05, 3.63) is 36.3 Å². The Bertz CT molecular complexity index is 598. The van der Waals surface area contributed by atoms with Gasteiger partial charge in [-0.2, -0.15) is 0 Å². The molecule has 0 amide bonds. The van der Waals surface area contributed by atoms with Crippen molar-refractivity contribution in [2.45, 2.75) is 39.7 Å². The predicted octanol–water partition coefficient (Wildman–Crippen LogP) is 2.50. The second kappa shape index (κ2) is 5.84.